The van der Waals surface area contributed by atoms with Gasteiger partial charge < -0.3 is 0 Å². The molecule has 7 rings (SSSR count). The lowest BCUT2D eigenvalue weighted by Gasteiger charge is -2.28. The summed E-state index contributed by atoms with van der Waals surface area (Å²) in [6, 6.07) is 67.4. The van der Waals surface area contributed by atoms with Gasteiger partial charge in [-0.15, -0.1) is 0 Å². The van der Waals surface area contributed by atoms with Crippen molar-refractivity contribution in [1.82, 2.24) is 0 Å². The molecule has 7 aromatic rings. The van der Waals surface area contributed by atoms with E-state index in [0.717, 1.165) is 38.5 Å². The molecule has 0 spiro atoms. The highest BCUT2D eigenvalue weighted by atomic mass is 14.3. The van der Waals surface area contributed by atoms with Crippen LogP contribution in [0.1, 0.15) is 131 Å². The van der Waals surface area contributed by atoms with Crippen molar-refractivity contribution in [1.29, 1.82) is 0 Å². The minimum atomic E-state index is 1.02. The fraction of sp³-hybridized carbons (Fsp3) is 0.333. The Morgan fingerprint density at radius 2 is 0.397 bits per heavy atom. The van der Waals surface area contributed by atoms with Crippen molar-refractivity contribution in [2.45, 2.75) is 135 Å². The summed E-state index contributed by atoms with van der Waals surface area (Å²) in [5.41, 5.74) is 19.0. The van der Waals surface area contributed by atoms with Gasteiger partial charge in [0.2, 0.25) is 0 Å². The standard InChI is InChI=1S/C63H72/c1(10-29-52-30-11-3-12-31-52)2-24-46-61-59(45-25-9-21-36-53-32-13-4-14-33-53)58(47-27-26-41-54-34-15-5-16-35-54)60(48-28-44-55-37-17-6-18-38-55)62(50-49-56-39-19-7-20-40-56)63(61)51-57-42-22-8-23-43-57/h3-8,11-20,22-23,30-35,37-40,42-43H,1-2,9-10,21,24-29,36,41,44-51H2. The topological polar surface area (TPSA) is 0 Å². The van der Waals surface area contributed by atoms with Crippen LogP contribution < -0.4 is 0 Å². The van der Waals surface area contributed by atoms with Crippen LogP contribution in [0.3, 0.4) is 0 Å². The van der Waals surface area contributed by atoms with Crippen molar-refractivity contribution < 1.29 is 0 Å². The van der Waals surface area contributed by atoms with Gasteiger partial charge in [0.1, 0.15) is 0 Å². The molecule has 0 amide bonds. The van der Waals surface area contributed by atoms with Gasteiger partial charge in [0, 0.05) is 0 Å². The van der Waals surface area contributed by atoms with Crippen molar-refractivity contribution in [3.8, 4) is 0 Å². The van der Waals surface area contributed by atoms with Crippen LogP contribution in [-0.4, -0.2) is 0 Å². The molecule has 0 fully saturated rings. The lowest BCUT2D eigenvalue weighted by atomic mass is 9.76. The first-order valence-electron chi connectivity index (χ1n) is 24.7. The molecular weight excluding hydrogens is 757 g/mol. The summed E-state index contributed by atoms with van der Waals surface area (Å²) < 4.78 is 0. The molecule has 0 aromatic heterocycles. The molecule has 0 aliphatic carbocycles. The summed E-state index contributed by atoms with van der Waals surface area (Å²) in [6.07, 6.45) is 25.1. The Labute approximate surface area is 381 Å². The first-order valence-corrected chi connectivity index (χ1v) is 24.7. The highest BCUT2D eigenvalue weighted by molar-refractivity contribution is 5.55. The lowest BCUT2D eigenvalue weighted by Crippen LogP contribution is -2.16. The van der Waals surface area contributed by atoms with Crippen molar-refractivity contribution in [3.63, 3.8) is 0 Å². The predicted octanol–water partition coefficient (Wildman–Crippen LogP) is 16.1. The molecule has 0 saturated heterocycles. The second-order valence-corrected chi connectivity index (χ2v) is 18.0. The van der Waals surface area contributed by atoms with E-state index in [-0.39, 0.29) is 0 Å². The molecule has 0 atom stereocenters. The van der Waals surface area contributed by atoms with Crippen molar-refractivity contribution in [2.24, 2.45) is 0 Å². The number of hydrogen-bond acceptors (Lipinski definition) is 0. The number of aryl methyl sites for hydroxylation is 5. The van der Waals surface area contributed by atoms with E-state index in [1.165, 1.54) is 130 Å². The van der Waals surface area contributed by atoms with E-state index < -0.39 is 0 Å². The smallest absolute Gasteiger partial charge is 0.00201 e. The van der Waals surface area contributed by atoms with Crippen LogP contribution in [0.4, 0.5) is 0 Å². The summed E-state index contributed by atoms with van der Waals surface area (Å²) in [5.74, 6) is 0. The fourth-order valence-corrected chi connectivity index (χ4v) is 10.0. The maximum Gasteiger partial charge on any atom is -0.00201 e. The quantitative estimate of drug-likeness (QED) is 0.0453. The fourth-order valence-electron chi connectivity index (χ4n) is 10.0. The van der Waals surface area contributed by atoms with E-state index in [4.69, 9.17) is 0 Å². The van der Waals surface area contributed by atoms with Crippen molar-refractivity contribution in [3.05, 3.63) is 249 Å². The molecule has 0 N–H and O–H groups in total. The summed E-state index contributed by atoms with van der Waals surface area (Å²) in [5, 5.41) is 0. The average Bonchev–Trinajstić information content (AvgIpc) is 3.34. The zero-order chi connectivity index (χ0) is 43.0. The minimum Gasteiger partial charge on any atom is -0.0622 e. The Kier molecular flexibility index (Phi) is 19.0. The Bertz CT molecular complexity index is 2280. The molecule has 0 radical (unpaired) electrons. The molecular formula is C63H72. The van der Waals surface area contributed by atoms with Gasteiger partial charge >= 0.3 is 0 Å². The zero-order valence-corrected chi connectivity index (χ0v) is 38.2. The molecule has 0 heterocycles. The van der Waals surface area contributed by atoms with Gasteiger partial charge in [-0.1, -0.05) is 201 Å². The molecule has 0 unspecified atom stereocenters. The van der Waals surface area contributed by atoms with Crippen molar-refractivity contribution in [2.75, 3.05) is 0 Å². The second kappa shape index (κ2) is 26.2. The van der Waals surface area contributed by atoms with Gasteiger partial charge in [-0.05, 0) is 182 Å². The maximum absolute atomic E-state index is 2.38. The molecule has 0 nitrogen and oxygen atoms in total. The molecule has 0 aliphatic heterocycles. The van der Waals surface area contributed by atoms with E-state index in [2.05, 4.69) is 182 Å². The maximum atomic E-state index is 2.38. The SMILES string of the molecule is c1ccc(CCCCCCc2c(CCCCCc3ccccc3)c(CCCCc3ccccc3)c(CCCc3ccccc3)c(CCc3ccccc3)c2Cc2ccccc2)cc1. The van der Waals surface area contributed by atoms with Gasteiger partial charge in [-0.25, -0.2) is 0 Å². The Balaban J connectivity index is 1.26. The molecule has 0 aliphatic rings. The third-order valence-electron chi connectivity index (χ3n) is 13.4. The third kappa shape index (κ3) is 15.1. The summed E-state index contributed by atoms with van der Waals surface area (Å²) in [6.45, 7) is 0. The van der Waals surface area contributed by atoms with Gasteiger partial charge in [-0.2, -0.15) is 0 Å². The van der Waals surface area contributed by atoms with Crippen molar-refractivity contribution >= 4 is 0 Å². The van der Waals surface area contributed by atoms with E-state index in [1.807, 2.05) is 0 Å². The first kappa shape index (κ1) is 45.6. The van der Waals surface area contributed by atoms with Crippen LogP contribution >= 0.6 is 0 Å². The molecule has 0 heteroatoms. The summed E-state index contributed by atoms with van der Waals surface area (Å²) in [7, 11) is 0. The lowest BCUT2D eigenvalue weighted by molar-refractivity contribution is 0.628. The molecule has 0 bridgehead atoms. The Morgan fingerprint density at radius 1 is 0.159 bits per heavy atom. The highest BCUT2D eigenvalue weighted by Crippen LogP contribution is 2.36. The average molecular weight is 829 g/mol. The number of rotatable bonds is 27. The number of benzene rings is 7. The van der Waals surface area contributed by atoms with E-state index in [0.29, 0.717) is 0 Å². The predicted molar refractivity (Wildman–Crippen MR) is 271 cm³/mol. The van der Waals surface area contributed by atoms with Crippen LogP contribution in [0.25, 0.3) is 0 Å². The van der Waals surface area contributed by atoms with Crippen LogP contribution in [0.2, 0.25) is 0 Å². The number of hydrogen-bond donors (Lipinski definition) is 0. The highest BCUT2D eigenvalue weighted by Gasteiger charge is 2.24. The number of unbranched alkanes of at least 4 members (excludes halogenated alkanes) is 6. The first-order chi connectivity index (χ1) is 31.3. The molecule has 324 valence electrons. The monoisotopic (exact) mass is 829 g/mol. The normalized spacial score (nSPS) is 11.2. The minimum absolute atomic E-state index is 1.02. The van der Waals surface area contributed by atoms with Gasteiger partial charge in [0.05, 0.1) is 0 Å². The van der Waals surface area contributed by atoms with E-state index in [9.17, 15) is 0 Å². The van der Waals surface area contributed by atoms with Crippen LogP contribution in [0, 0.1) is 0 Å². The summed E-state index contributed by atoms with van der Waals surface area (Å²) >= 11 is 0. The third-order valence-corrected chi connectivity index (χ3v) is 13.4. The largest absolute Gasteiger partial charge is 0.0622 e. The van der Waals surface area contributed by atoms with Crippen LogP contribution in [-0.2, 0) is 70.6 Å². The molecule has 7 aromatic carbocycles. The van der Waals surface area contributed by atoms with Crippen LogP contribution in [0.15, 0.2) is 182 Å². The Hall–Kier alpha value is -5.46. The van der Waals surface area contributed by atoms with E-state index >= 15 is 0 Å². The summed E-state index contributed by atoms with van der Waals surface area (Å²) in [4.78, 5) is 0. The van der Waals surface area contributed by atoms with Gasteiger partial charge in [-0.3, -0.25) is 0 Å². The van der Waals surface area contributed by atoms with Gasteiger partial charge in [0.15, 0.2) is 0 Å². The molecule has 63 heavy (non-hydrogen) atoms. The Morgan fingerprint density at radius 3 is 0.794 bits per heavy atom. The van der Waals surface area contributed by atoms with Crippen LogP contribution in [0.5, 0.6) is 0 Å². The zero-order valence-electron chi connectivity index (χ0n) is 38.2. The van der Waals surface area contributed by atoms with E-state index in [1.54, 1.807) is 33.4 Å². The molecule has 0 saturated carbocycles. The van der Waals surface area contributed by atoms with Gasteiger partial charge in [0.25, 0.3) is 0 Å². The second-order valence-electron chi connectivity index (χ2n) is 18.0.